The standard InChI is InChI=1S/C17H16N4O2/c1-20-9-5-7-14(17(20)23)16(22)19-18-10-12-11-21(2)15-8-4-3-6-13(12)15/h3-11H,1-2H3,(H,19,22)/b18-10-. The number of aromatic nitrogens is 2. The van der Waals surface area contributed by atoms with E-state index in [1.54, 1.807) is 25.5 Å². The summed E-state index contributed by atoms with van der Waals surface area (Å²) in [7, 11) is 3.55. The van der Waals surface area contributed by atoms with Crippen LogP contribution in [0, 0.1) is 0 Å². The van der Waals surface area contributed by atoms with Gasteiger partial charge in [-0.1, -0.05) is 18.2 Å². The van der Waals surface area contributed by atoms with Gasteiger partial charge in [0.1, 0.15) is 5.56 Å². The van der Waals surface area contributed by atoms with Crippen LogP contribution in [0.15, 0.2) is 58.7 Å². The van der Waals surface area contributed by atoms with Crippen molar-refractivity contribution in [2.45, 2.75) is 0 Å². The third-order valence-electron chi connectivity index (χ3n) is 3.67. The number of rotatable bonds is 3. The summed E-state index contributed by atoms with van der Waals surface area (Å²) in [6.07, 6.45) is 5.11. The number of carbonyl (C=O) groups excluding carboxylic acids is 1. The fourth-order valence-electron chi connectivity index (χ4n) is 2.47. The number of amides is 1. The first-order valence-corrected chi connectivity index (χ1v) is 7.11. The molecule has 0 bridgehead atoms. The van der Waals surface area contributed by atoms with Crippen molar-refractivity contribution in [3.63, 3.8) is 0 Å². The lowest BCUT2D eigenvalue weighted by Gasteiger charge is -2.01. The molecule has 23 heavy (non-hydrogen) atoms. The van der Waals surface area contributed by atoms with Crippen molar-refractivity contribution in [2.24, 2.45) is 19.2 Å². The summed E-state index contributed by atoms with van der Waals surface area (Å²) in [6.45, 7) is 0. The van der Waals surface area contributed by atoms with Gasteiger partial charge in [-0.2, -0.15) is 5.10 Å². The second-order valence-corrected chi connectivity index (χ2v) is 5.25. The van der Waals surface area contributed by atoms with E-state index in [0.29, 0.717) is 0 Å². The van der Waals surface area contributed by atoms with Crippen molar-refractivity contribution in [3.05, 3.63) is 70.3 Å². The summed E-state index contributed by atoms with van der Waals surface area (Å²) < 4.78 is 3.34. The minimum absolute atomic E-state index is 0.0602. The zero-order valence-electron chi connectivity index (χ0n) is 12.9. The summed E-state index contributed by atoms with van der Waals surface area (Å²) in [6, 6.07) is 11.0. The largest absolute Gasteiger partial charge is 0.350 e. The first-order valence-electron chi connectivity index (χ1n) is 7.11. The number of carbonyl (C=O) groups is 1. The Hall–Kier alpha value is -3.15. The Morgan fingerprint density at radius 2 is 1.91 bits per heavy atom. The highest BCUT2D eigenvalue weighted by molar-refractivity contribution is 6.00. The van der Waals surface area contributed by atoms with Crippen LogP contribution in [-0.4, -0.2) is 21.3 Å². The van der Waals surface area contributed by atoms with E-state index in [2.05, 4.69) is 10.5 Å². The van der Waals surface area contributed by atoms with Crippen molar-refractivity contribution < 1.29 is 4.79 Å². The summed E-state index contributed by atoms with van der Waals surface area (Å²) in [5.41, 5.74) is 4.08. The monoisotopic (exact) mass is 308 g/mol. The fourth-order valence-corrected chi connectivity index (χ4v) is 2.47. The molecule has 0 saturated carbocycles. The molecule has 6 nitrogen and oxygen atoms in total. The summed E-state index contributed by atoms with van der Waals surface area (Å²) in [5.74, 6) is -0.525. The molecule has 1 amide bonds. The molecule has 116 valence electrons. The minimum Gasteiger partial charge on any atom is -0.350 e. The second kappa shape index (κ2) is 5.92. The summed E-state index contributed by atoms with van der Waals surface area (Å²) in [4.78, 5) is 23.9. The van der Waals surface area contributed by atoms with E-state index in [1.807, 2.05) is 42.1 Å². The fraction of sp³-hybridized carbons (Fsp3) is 0.118. The van der Waals surface area contributed by atoms with Gasteiger partial charge in [-0.25, -0.2) is 5.43 Å². The lowest BCUT2D eigenvalue weighted by molar-refractivity contribution is 0.0953. The first kappa shape index (κ1) is 14.8. The van der Waals surface area contributed by atoms with Gasteiger partial charge >= 0.3 is 0 Å². The van der Waals surface area contributed by atoms with Crippen molar-refractivity contribution >= 4 is 23.0 Å². The summed E-state index contributed by atoms with van der Waals surface area (Å²) >= 11 is 0. The number of para-hydroxylation sites is 1. The molecule has 0 saturated heterocycles. The van der Waals surface area contributed by atoms with E-state index in [4.69, 9.17) is 0 Å². The Kier molecular flexibility index (Phi) is 3.80. The van der Waals surface area contributed by atoms with E-state index in [1.165, 1.54) is 10.6 Å². The van der Waals surface area contributed by atoms with Crippen LogP contribution < -0.4 is 11.0 Å². The van der Waals surface area contributed by atoms with Gasteiger partial charge < -0.3 is 9.13 Å². The molecule has 3 rings (SSSR count). The summed E-state index contributed by atoms with van der Waals surface area (Å²) in [5, 5.41) is 5.01. The highest BCUT2D eigenvalue weighted by Crippen LogP contribution is 2.18. The third-order valence-corrected chi connectivity index (χ3v) is 3.67. The quantitative estimate of drug-likeness (QED) is 0.590. The SMILES string of the molecule is Cn1cccc(C(=O)N/N=C\c2cn(C)c3ccccc23)c1=O. The molecule has 0 aliphatic rings. The molecule has 0 spiro atoms. The molecule has 0 fully saturated rings. The van der Waals surface area contributed by atoms with Crippen LogP contribution in [0.3, 0.4) is 0 Å². The van der Waals surface area contributed by atoms with Crippen LogP contribution in [0.4, 0.5) is 0 Å². The number of fused-ring (bicyclic) bond motifs is 1. The number of aryl methyl sites for hydroxylation is 2. The van der Waals surface area contributed by atoms with Crippen LogP contribution in [0.5, 0.6) is 0 Å². The number of hydrogen-bond donors (Lipinski definition) is 1. The van der Waals surface area contributed by atoms with Gasteiger partial charge in [0.15, 0.2) is 0 Å². The maximum atomic E-state index is 12.0. The van der Waals surface area contributed by atoms with Crippen LogP contribution in [0.25, 0.3) is 10.9 Å². The average Bonchev–Trinajstić information content (AvgIpc) is 2.87. The predicted molar refractivity (Wildman–Crippen MR) is 89.7 cm³/mol. The number of nitrogens with zero attached hydrogens (tertiary/aromatic N) is 3. The number of hydrazone groups is 1. The molecular formula is C17H16N4O2. The van der Waals surface area contributed by atoms with E-state index in [9.17, 15) is 9.59 Å². The molecule has 6 heteroatoms. The highest BCUT2D eigenvalue weighted by atomic mass is 16.2. The number of hydrogen-bond acceptors (Lipinski definition) is 3. The topological polar surface area (TPSA) is 68.4 Å². The Balaban J connectivity index is 1.82. The molecular weight excluding hydrogens is 292 g/mol. The van der Waals surface area contributed by atoms with Crippen molar-refractivity contribution in [2.75, 3.05) is 0 Å². The average molecular weight is 308 g/mol. The lowest BCUT2D eigenvalue weighted by atomic mass is 10.2. The van der Waals surface area contributed by atoms with Gasteiger partial charge in [-0.05, 0) is 18.2 Å². The molecule has 2 aromatic heterocycles. The Morgan fingerprint density at radius 3 is 2.74 bits per heavy atom. The zero-order valence-corrected chi connectivity index (χ0v) is 12.9. The van der Waals surface area contributed by atoms with Crippen LogP contribution in [-0.2, 0) is 14.1 Å². The van der Waals surface area contributed by atoms with Gasteiger partial charge in [-0.15, -0.1) is 0 Å². The smallest absolute Gasteiger partial charge is 0.276 e. The van der Waals surface area contributed by atoms with E-state index < -0.39 is 5.91 Å². The second-order valence-electron chi connectivity index (χ2n) is 5.25. The minimum atomic E-state index is -0.525. The zero-order chi connectivity index (χ0) is 16.4. The van der Waals surface area contributed by atoms with Crippen molar-refractivity contribution in [1.29, 1.82) is 0 Å². The lowest BCUT2D eigenvalue weighted by Crippen LogP contribution is -2.29. The van der Waals surface area contributed by atoms with Gasteiger partial charge in [0.25, 0.3) is 11.5 Å². The van der Waals surface area contributed by atoms with E-state index in [-0.39, 0.29) is 11.1 Å². The maximum Gasteiger partial charge on any atom is 0.276 e. The first-order chi connectivity index (χ1) is 11.1. The van der Waals surface area contributed by atoms with Crippen molar-refractivity contribution in [3.8, 4) is 0 Å². The van der Waals surface area contributed by atoms with Crippen LogP contribution in [0.1, 0.15) is 15.9 Å². The molecule has 2 heterocycles. The van der Waals surface area contributed by atoms with E-state index >= 15 is 0 Å². The predicted octanol–water partition coefficient (Wildman–Crippen LogP) is 1.64. The molecule has 1 aromatic carbocycles. The number of nitrogens with one attached hydrogen (secondary N) is 1. The molecule has 0 aliphatic carbocycles. The number of pyridine rings is 1. The Labute approximate surface area is 132 Å². The molecule has 1 N–H and O–H groups in total. The van der Waals surface area contributed by atoms with E-state index in [0.717, 1.165) is 16.5 Å². The molecule has 0 unspecified atom stereocenters. The van der Waals surface area contributed by atoms with Crippen molar-refractivity contribution in [1.82, 2.24) is 14.6 Å². The van der Waals surface area contributed by atoms with Gasteiger partial charge in [0.2, 0.25) is 0 Å². The third kappa shape index (κ3) is 2.78. The molecule has 0 radical (unpaired) electrons. The highest BCUT2D eigenvalue weighted by Gasteiger charge is 2.10. The molecule has 3 aromatic rings. The van der Waals surface area contributed by atoms with Crippen LogP contribution in [0.2, 0.25) is 0 Å². The number of benzene rings is 1. The maximum absolute atomic E-state index is 12.0. The molecule has 0 aliphatic heterocycles. The van der Waals surface area contributed by atoms with Gasteiger partial charge in [-0.3, -0.25) is 9.59 Å². The van der Waals surface area contributed by atoms with Gasteiger partial charge in [0.05, 0.1) is 6.21 Å². The Morgan fingerprint density at radius 1 is 1.13 bits per heavy atom. The van der Waals surface area contributed by atoms with Gasteiger partial charge in [0, 0.05) is 43.0 Å². The van der Waals surface area contributed by atoms with Crippen LogP contribution >= 0.6 is 0 Å². The molecule has 0 atom stereocenters. The Bertz CT molecular complexity index is 966. The normalized spacial score (nSPS) is 11.2.